The molecule has 2 unspecified atom stereocenters. The van der Waals surface area contributed by atoms with E-state index in [-0.39, 0.29) is 5.92 Å². The van der Waals surface area contributed by atoms with Gasteiger partial charge in [0.2, 0.25) is 0 Å². The number of carbonyl (C=O) groups excluding carboxylic acids is 1. The first-order valence-corrected chi connectivity index (χ1v) is 5.98. The maximum atomic E-state index is 11.5. The van der Waals surface area contributed by atoms with Crippen molar-refractivity contribution in [2.45, 2.75) is 32.6 Å². The fraction of sp³-hybridized carbons (Fsp3) is 0.500. The number of Topliss-reactive ketones (excluding diaryl/α,β-unsaturated/α-hetero) is 1. The second-order valence-corrected chi connectivity index (χ2v) is 4.41. The van der Waals surface area contributed by atoms with Gasteiger partial charge in [0.25, 0.3) is 0 Å². The molecule has 2 nitrogen and oxygen atoms in total. The lowest BCUT2D eigenvalue weighted by atomic mass is 9.90. The van der Waals surface area contributed by atoms with Crippen LogP contribution in [0.2, 0.25) is 0 Å². The van der Waals surface area contributed by atoms with Gasteiger partial charge in [-0.15, -0.1) is 0 Å². The predicted molar refractivity (Wildman–Crippen MR) is 63.8 cm³/mol. The van der Waals surface area contributed by atoms with Gasteiger partial charge >= 0.3 is 0 Å². The van der Waals surface area contributed by atoms with Crippen LogP contribution in [0.1, 0.15) is 38.2 Å². The Morgan fingerprint density at radius 1 is 1.44 bits per heavy atom. The molecule has 2 atom stereocenters. The maximum absolute atomic E-state index is 11.5. The summed E-state index contributed by atoms with van der Waals surface area (Å²) >= 11 is 0. The van der Waals surface area contributed by atoms with Crippen LogP contribution in [-0.4, -0.2) is 12.4 Å². The Kier molecular flexibility index (Phi) is 3.28. The molecular formula is C14H18O2. The molecule has 0 aromatic heterocycles. The van der Waals surface area contributed by atoms with Crippen LogP contribution in [0.15, 0.2) is 24.3 Å². The molecule has 2 heteroatoms. The quantitative estimate of drug-likeness (QED) is 0.779. The zero-order valence-electron chi connectivity index (χ0n) is 9.90. The average Bonchev–Trinajstić information content (AvgIpc) is 2.61. The third-order valence-electron chi connectivity index (χ3n) is 3.41. The number of rotatable bonds is 3. The summed E-state index contributed by atoms with van der Waals surface area (Å²) in [5, 5.41) is 0. The van der Waals surface area contributed by atoms with Gasteiger partial charge in [0.05, 0.1) is 6.61 Å². The first-order chi connectivity index (χ1) is 7.72. The first-order valence-electron chi connectivity index (χ1n) is 5.98. The number of hydrogen-bond acceptors (Lipinski definition) is 2. The molecule has 86 valence electrons. The molecule has 0 spiro atoms. The van der Waals surface area contributed by atoms with Gasteiger partial charge in [-0.25, -0.2) is 0 Å². The minimum atomic E-state index is 0.164. The van der Waals surface area contributed by atoms with E-state index in [9.17, 15) is 4.79 Å². The third-order valence-corrected chi connectivity index (χ3v) is 3.41. The van der Waals surface area contributed by atoms with Crippen LogP contribution in [-0.2, 0) is 4.79 Å². The summed E-state index contributed by atoms with van der Waals surface area (Å²) in [6.07, 6.45) is 1.71. The molecular weight excluding hydrogens is 200 g/mol. The lowest BCUT2D eigenvalue weighted by molar-refractivity contribution is -0.120. The van der Waals surface area contributed by atoms with Crippen LogP contribution in [0.25, 0.3) is 0 Å². The Bertz CT molecular complexity index is 384. The molecule has 0 bridgehead atoms. The molecule has 1 saturated carbocycles. The zero-order chi connectivity index (χ0) is 11.5. The van der Waals surface area contributed by atoms with Crippen LogP contribution in [0.3, 0.4) is 0 Å². The summed E-state index contributed by atoms with van der Waals surface area (Å²) in [5.41, 5.74) is 1.24. The van der Waals surface area contributed by atoms with Crippen LogP contribution in [0.4, 0.5) is 0 Å². The Morgan fingerprint density at radius 3 is 2.88 bits per heavy atom. The van der Waals surface area contributed by atoms with E-state index in [0.29, 0.717) is 18.3 Å². The van der Waals surface area contributed by atoms with Crippen molar-refractivity contribution in [1.82, 2.24) is 0 Å². The van der Waals surface area contributed by atoms with Crippen molar-refractivity contribution in [3.05, 3.63) is 29.8 Å². The molecule has 1 fully saturated rings. The lowest BCUT2D eigenvalue weighted by Crippen LogP contribution is -2.08. The Morgan fingerprint density at radius 2 is 2.25 bits per heavy atom. The van der Waals surface area contributed by atoms with E-state index in [2.05, 4.69) is 12.1 Å². The Balaban J connectivity index is 2.20. The highest BCUT2D eigenvalue weighted by molar-refractivity contribution is 5.84. The number of benzene rings is 1. The Labute approximate surface area is 96.6 Å². The Hall–Kier alpha value is -1.31. The second kappa shape index (κ2) is 4.69. The summed E-state index contributed by atoms with van der Waals surface area (Å²) in [4.78, 5) is 11.5. The highest BCUT2D eigenvalue weighted by atomic mass is 16.5. The zero-order valence-corrected chi connectivity index (χ0v) is 9.90. The van der Waals surface area contributed by atoms with E-state index >= 15 is 0 Å². The van der Waals surface area contributed by atoms with Gasteiger partial charge in [-0.2, -0.15) is 0 Å². The minimum Gasteiger partial charge on any atom is -0.494 e. The number of ketones is 1. The number of hydrogen-bond donors (Lipinski definition) is 0. The average molecular weight is 218 g/mol. The third kappa shape index (κ3) is 2.11. The van der Waals surface area contributed by atoms with Crippen molar-refractivity contribution in [2.24, 2.45) is 5.92 Å². The van der Waals surface area contributed by atoms with Gasteiger partial charge in [0.1, 0.15) is 11.5 Å². The first kappa shape index (κ1) is 11.2. The van der Waals surface area contributed by atoms with E-state index in [0.717, 1.165) is 18.6 Å². The van der Waals surface area contributed by atoms with Gasteiger partial charge < -0.3 is 4.74 Å². The molecule has 0 amide bonds. The van der Waals surface area contributed by atoms with E-state index in [1.807, 2.05) is 26.0 Å². The highest BCUT2D eigenvalue weighted by Crippen LogP contribution is 2.37. The summed E-state index contributed by atoms with van der Waals surface area (Å²) < 4.78 is 5.48. The van der Waals surface area contributed by atoms with Crippen molar-refractivity contribution in [2.75, 3.05) is 6.61 Å². The fourth-order valence-corrected chi connectivity index (χ4v) is 2.46. The smallest absolute Gasteiger partial charge is 0.136 e. The van der Waals surface area contributed by atoms with E-state index in [1.54, 1.807) is 0 Å². The molecule has 0 heterocycles. The maximum Gasteiger partial charge on any atom is 0.136 e. The van der Waals surface area contributed by atoms with Crippen molar-refractivity contribution in [3.63, 3.8) is 0 Å². The number of carbonyl (C=O) groups is 1. The van der Waals surface area contributed by atoms with Crippen LogP contribution in [0, 0.1) is 5.92 Å². The largest absolute Gasteiger partial charge is 0.494 e. The summed E-state index contributed by atoms with van der Waals surface area (Å²) in [6.45, 7) is 4.70. The molecule has 1 aromatic carbocycles. The monoisotopic (exact) mass is 218 g/mol. The second-order valence-electron chi connectivity index (χ2n) is 4.41. The molecule has 0 N–H and O–H groups in total. The van der Waals surface area contributed by atoms with Gasteiger partial charge in [0, 0.05) is 12.3 Å². The normalized spacial score (nSPS) is 24.8. The van der Waals surface area contributed by atoms with Crippen molar-refractivity contribution in [1.29, 1.82) is 0 Å². The van der Waals surface area contributed by atoms with Gasteiger partial charge in [-0.05, 0) is 37.0 Å². The SMILES string of the molecule is CCOc1cccc(C2CCC(=O)C2C)c1. The van der Waals surface area contributed by atoms with E-state index in [1.165, 1.54) is 5.56 Å². The van der Waals surface area contributed by atoms with Gasteiger partial charge in [-0.1, -0.05) is 19.1 Å². The topological polar surface area (TPSA) is 26.3 Å². The molecule has 0 aliphatic heterocycles. The number of ether oxygens (including phenoxy) is 1. The van der Waals surface area contributed by atoms with E-state index < -0.39 is 0 Å². The molecule has 0 saturated heterocycles. The van der Waals surface area contributed by atoms with Gasteiger partial charge in [0.15, 0.2) is 0 Å². The summed E-state index contributed by atoms with van der Waals surface area (Å²) in [5.74, 6) is 1.85. The van der Waals surface area contributed by atoms with Crippen LogP contribution < -0.4 is 4.74 Å². The fourth-order valence-electron chi connectivity index (χ4n) is 2.46. The predicted octanol–water partition coefficient (Wildman–Crippen LogP) is 3.17. The van der Waals surface area contributed by atoms with Crippen LogP contribution >= 0.6 is 0 Å². The van der Waals surface area contributed by atoms with E-state index in [4.69, 9.17) is 4.74 Å². The van der Waals surface area contributed by atoms with Crippen molar-refractivity contribution >= 4 is 5.78 Å². The molecule has 1 aliphatic carbocycles. The molecule has 16 heavy (non-hydrogen) atoms. The lowest BCUT2D eigenvalue weighted by Gasteiger charge is -2.15. The molecule has 0 radical (unpaired) electrons. The van der Waals surface area contributed by atoms with Gasteiger partial charge in [-0.3, -0.25) is 4.79 Å². The summed E-state index contributed by atoms with van der Waals surface area (Å²) in [6, 6.07) is 8.15. The molecule has 2 rings (SSSR count). The molecule has 1 aliphatic rings. The van der Waals surface area contributed by atoms with Crippen molar-refractivity contribution < 1.29 is 9.53 Å². The minimum absolute atomic E-state index is 0.164. The standard InChI is InChI=1S/C14H18O2/c1-3-16-12-6-4-5-11(9-12)13-7-8-14(15)10(13)2/h4-6,9-10,13H,3,7-8H2,1-2H3. The molecule has 1 aromatic rings. The highest BCUT2D eigenvalue weighted by Gasteiger charge is 2.31. The summed E-state index contributed by atoms with van der Waals surface area (Å²) in [7, 11) is 0. The van der Waals surface area contributed by atoms with Crippen LogP contribution in [0.5, 0.6) is 5.75 Å². The van der Waals surface area contributed by atoms with Crippen molar-refractivity contribution in [3.8, 4) is 5.75 Å².